The fourth-order valence-electron chi connectivity index (χ4n) is 1.66. The van der Waals surface area contributed by atoms with Crippen molar-refractivity contribution in [3.63, 3.8) is 0 Å². The van der Waals surface area contributed by atoms with Gasteiger partial charge in [-0.25, -0.2) is 4.79 Å². The molecule has 1 aromatic heterocycles. The van der Waals surface area contributed by atoms with Gasteiger partial charge in [0.1, 0.15) is 6.26 Å². The number of rotatable bonds is 5. The quantitative estimate of drug-likeness (QED) is 0.844. The molecule has 1 N–H and O–H groups in total. The molecule has 6 nitrogen and oxygen atoms in total. The molecule has 1 heterocycles. The molecule has 0 fully saturated rings. The number of carbonyl (C=O) groups is 2. The van der Waals surface area contributed by atoms with Crippen LogP contribution in [0.3, 0.4) is 0 Å². The molecule has 98 valence electrons. The average Bonchev–Trinajstić information content (AvgIpc) is 2.29. The van der Waals surface area contributed by atoms with E-state index in [9.17, 15) is 14.4 Å². The normalized spacial score (nSPS) is 11.9. The van der Waals surface area contributed by atoms with Crippen molar-refractivity contribution in [2.75, 3.05) is 6.54 Å². The van der Waals surface area contributed by atoms with Crippen molar-refractivity contribution < 1.29 is 19.1 Å². The first-order chi connectivity index (χ1) is 8.45. The van der Waals surface area contributed by atoms with Gasteiger partial charge in [-0.05, 0) is 19.9 Å². The zero-order chi connectivity index (χ0) is 13.7. The fraction of sp³-hybridized carbons (Fsp3) is 0.417. The third-order valence-electron chi connectivity index (χ3n) is 2.55. The van der Waals surface area contributed by atoms with E-state index in [0.717, 1.165) is 12.3 Å². The van der Waals surface area contributed by atoms with E-state index >= 15 is 0 Å². The lowest BCUT2D eigenvalue weighted by molar-refractivity contribution is -0.138. The minimum absolute atomic E-state index is 0.129. The van der Waals surface area contributed by atoms with E-state index in [1.807, 2.05) is 0 Å². The highest BCUT2D eigenvalue weighted by Crippen LogP contribution is 2.09. The molecule has 1 amide bonds. The van der Waals surface area contributed by atoms with Gasteiger partial charge in [0.05, 0.1) is 12.0 Å². The number of carboxylic acid groups (broad SMARTS) is 1. The van der Waals surface area contributed by atoms with Crippen LogP contribution in [-0.4, -0.2) is 34.5 Å². The summed E-state index contributed by atoms with van der Waals surface area (Å²) in [6.07, 6.45) is 0.956. The molecule has 0 spiro atoms. The largest absolute Gasteiger partial charge is 0.481 e. The predicted molar refractivity (Wildman–Crippen MR) is 63.4 cm³/mol. The van der Waals surface area contributed by atoms with Gasteiger partial charge in [-0.2, -0.15) is 0 Å². The van der Waals surface area contributed by atoms with Gasteiger partial charge in [-0.1, -0.05) is 0 Å². The molecule has 0 aliphatic carbocycles. The van der Waals surface area contributed by atoms with Crippen LogP contribution < -0.4 is 5.63 Å². The van der Waals surface area contributed by atoms with Gasteiger partial charge in [0.15, 0.2) is 0 Å². The monoisotopic (exact) mass is 253 g/mol. The van der Waals surface area contributed by atoms with Crippen molar-refractivity contribution in [2.24, 2.45) is 0 Å². The fourth-order valence-corrected chi connectivity index (χ4v) is 1.66. The maximum Gasteiger partial charge on any atom is 0.335 e. The number of hydrogen-bond donors (Lipinski definition) is 1. The van der Waals surface area contributed by atoms with Gasteiger partial charge in [-0.3, -0.25) is 9.59 Å². The van der Waals surface area contributed by atoms with E-state index < -0.39 is 17.6 Å². The molecule has 0 radical (unpaired) electrons. The van der Waals surface area contributed by atoms with Crippen molar-refractivity contribution in [1.82, 2.24) is 4.90 Å². The van der Waals surface area contributed by atoms with E-state index in [-0.39, 0.29) is 17.9 Å². The summed E-state index contributed by atoms with van der Waals surface area (Å²) in [5, 5.41) is 8.72. The first-order valence-electron chi connectivity index (χ1n) is 5.57. The van der Waals surface area contributed by atoms with Crippen molar-refractivity contribution in [1.29, 1.82) is 0 Å². The Morgan fingerprint density at radius 1 is 1.44 bits per heavy atom. The summed E-state index contributed by atoms with van der Waals surface area (Å²) in [5.74, 6) is -1.32. The van der Waals surface area contributed by atoms with E-state index in [4.69, 9.17) is 5.11 Å². The number of amides is 1. The lowest BCUT2D eigenvalue weighted by atomic mass is 10.1. The van der Waals surface area contributed by atoms with Gasteiger partial charge < -0.3 is 14.4 Å². The Hall–Kier alpha value is -2.11. The molecule has 0 aliphatic rings. The summed E-state index contributed by atoms with van der Waals surface area (Å²) in [7, 11) is 0. The lowest BCUT2D eigenvalue weighted by Crippen LogP contribution is -2.39. The van der Waals surface area contributed by atoms with Crippen LogP contribution in [-0.2, 0) is 4.79 Å². The number of nitrogens with zero attached hydrogens (tertiary/aromatic N) is 1. The van der Waals surface area contributed by atoms with Gasteiger partial charge in [0.2, 0.25) is 0 Å². The number of aliphatic carboxylic acids is 1. The van der Waals surface area contributed by atoms with Gasteiger partial charge in [0, 0.05) is 18.7 Å². The SMILES string of the molecule is CCN(C(=O)c1ccc(=O)oc1)C(C)CC(=O)O. The van der Waals surface area contributed by atoms with Crippen LogP contribution in [0.5, 0.6) is 0 Å². The standard InChI is InChI=1S/C12H15NO5/c1-3-13(8(2)6-10(14)15)12(17)9-4-5-11(16)18-7-9/h4-5,7-8H,3,6H2,1-2H3,(H,14,15). The molecule has 1 aromatic rings. The highest BCUT2D eigenvalue weighted by Gasteiger charge is 2.22. The average molecular weight is 253 g/mol. The van der Waals surface area contributed by atoms with Crippen LogP contribution in [0, 0.1) is 0 Å². The van der Waals surface area contributed by atoms with Gasteiger partial charge in [0.25, 0.3) is 5.91 Å². The second kappa shape index (κ2) is 6.00. The van der Waals surface area contributed by atoms with Crippen LogP contribution in [0.25, 0.3) is 0 Å². The van der Waals surface area contributed by atoms with Crippen LogP contribution in [0.4, 0.5) is 0 Å². The van der Waals surface area contributed by atoms with E-state index in [1.165, 1.54) is 11.0 Å². The molecule has 0 aliphatic heterocycles. The van der Waals surface area contributed by atoms with E-state index in [2.05, 4.69) is 4.42 Å². The predicted octanol–water partition coefficient (Wildman–Crippen LogP) is 0.965. The van der Waals surface area contributed by atoms with Crippen molar-refractivity contribution in [3.05, 3.63) is 34.4 Å². The lowest BCUT2D eigenvalue weighted by Gasteiger charge is -2.26. The maximum atomic E-state index is 12.1. The molecule has 1 atom stereocenters. The molecule has 0 bridgehead atoms. The summed E-state index contributed by atoms with van der Waals surface area (Å²) in [5.41, 5.74) is -0.304. The Labute approximate surface area is 104 Å². The maximum absolute atomic E-state index is 12.1. The van der Waals surface area contributed by atoms with Gasteiger partial charge in [-0.15, -0.1) is 0 Å². The molecular weight excluding hydrogens is 238 g/mol. The number of carboxylic acids is 1. The summed E-state index contributed by atoms with van der Waals surface area (Å²) >= 11 is 0. The molecule has 1 unspecified atom stereocenters. The zero-order valence-electron chi connectivity index (χ0n) is 10.3. The minimum atomic E-state index is -0.964. The number of hydrogen-bond acceptors (Lipinski definition) is 4. The first kappa shape index (κ1) is 14.0. The molecule has 1 rings (SSSR count). The Kier molecular flexibility index (Phi) is 4.65. The first-order valence-corrected chi connectivity index (χ1v) is 5.57. The smallest absolute Gasteiger partial charge is 0.335 e. The van der Waals surface area contributed by atoms with Crippen molar-refractivity contribution >= 4 is 11.9 Å². The van der Waals surface area contributed by atoms with Crippen LogP contribution in [0.15, 0.2) is 27.6 Å². The summed E-state index contributed by atoms with van der Waals surface area (Å²) in [6.45, 7) is 3.80. The van der Waals surface area contributed by atoms with Crippen LogP contribution >= 0.6 is 0 Å². The molecular formula is C12H15NO5. The summed E-state index contributed by atoms with van der Waals surface area (Å²) < 4.78 is 4.62. The summed E-state index contributed by atoms with van der Waals surface area (Å²) in [4.78, 5) is 34.9. The minimum Gasteiger partial charge on any atom is -0.481 e. The Morgan fingerprint density at radius 2 is 2.11 bits per heavy atom. The van der Waals surface area contributed by atoms with Gasteiger partial charge >= 0.3 is 11.6 Å². The van der Waals surface area contributed by atoms with Crippen molar-refractivity contribution in [3.8, 4) is 0 Å². The molecule has 0 saturated heterocycles. The highest BCUT2D eigenvalue weighted by molar-refractivity contribution is 5.94. The number of carbonyl (C=O) groups excluding carboxylic acids is 1. The Balaban J connectivity index is 2.88. The van der Waals surface area contributed by atoms with Crippen molar-refractivity contribution in [2.45, 2.75) is 26.3 Å². The van der Waals surface area contributed by atoms with Crippen LogP contribution in [0.1, 0.15) is 30.6 Å². The second-order valence-electron chi connectivity index (χ2n) is 3.88. The molecule has 0 aromatic carbocycles. The van der Waals surface area contributed by atoms with E-state index in [0.29, 0.717) is 6.54 Å². The molecule has 6 heteroatoms. The Morgan fingerprint density at radius 3 is 2.56 bits per heavy atom. The molecule has 18 heavy (non-hydrogen) atoms. The van der Waals surface area contributed by atoms with E-state index in [1.54, 1.807) is 13.8 Å². The highest BCUT2D eigenvalue weighted by atomic mass is 16.4. The Bertz CT molecular complexity index is 473. The third kappa shape index (κ3) is 3.44. The molecule has 0 saturated carbocycles. The summed E-state index contributed by atoms with van der Waals surface area (Å²) in [6, 6.07) is 2.10. The zero-order valence-corrected chi connectivity index (χ0v) is 10.3. The topological polar surface area (TPSA) is 87.8 Å². The third-order valence-corrected chi connectivity index (χ3v) is 2.55. The van der Waals surface area contributed by atoms with Crippen LogP contribution in [0.2, 0.25) is 0 Å². The second-order valence-corrected chi connectivity index (χ2v) is 3.88.